The second-order valence-corrected chi connectivity index (χ2v) is 8.13. The summed E-state index contributed by atoms with van der Waals surface area (Å²) in [5.74, 6) is 2.58. The van der Waals surface area contributed by atoms with E-state index in [2.05, 4.69) is 38.8 Å². The van der Waals surface area contributed by atoms with Crippen molar-refractivity contribution in [2.45, 2.75) is 30.3 Å². The van der Waals surface area contributed by atoms with Gasteiger partial charge >= 0.3 is 0 Å². The number of rotatable bonds is 6. The maximum Gasteiger partial charge on any atom is 0.223 e. The number of piperazine rings is 1. The smallest absolute Gasteiger partial charge is 0.223 e. The number of thioether (sulfide) groups is 1. The molecule has 1 saturated carbocycles. The van der Waals surface area contributed by atoms with Crippen LogP contribution in [-0.4, -0.2) is 69.5 Å². The molecule has 0 bridgehead atoms. The molecule has 1 aromatic carbocycles. The van der Waals surface area contributed by atoms with Crippen LogP contribution in [0.15, 0.2) is 35.5 Å². The molecule has 1 aromatic heterocycles. The molecule has 26 heavy (non-hydrogen) atoms. The number of amides is 1. The van der Waals surface area contributed by atoms with Crippen molar-refractivity contribution in [3.8, 4) is 5.69 Å². The molecule has 1 aliphatic heterocycles. The van der Waals surface area contributed by atoms with Crippen molar-refractivity contribution in [1.29, 1.82) is 0 Å². The SMILES string of the molecule is CN1CCN(C(=O)CCSc2nnc(C3CC3)n2-c2ccccc2)CC1. The van der Waals surface area contributed by atoms with Gasteiger partial charge < -0.3 is 9.80 Å². The number of hydrogen-bond donors (Lipinski definition) is 0. The first-order valence-electron chi connectivity index (χ1n) is 9.32. The standard InChI is InChI=1S/C19H25N5OS/c1-22-10-12-23(13-11-22)17(25)9-14-26-19-21-20-18(15-7-8-15)24(19)16-5-3-2-4-6-16/h2-6,15H,7-14H2,1H3. The molecule has 2 fully saturated rings. The molecule has 0 atom stereocenters. The van der Waals surface area contributed by atoms with Gasteiger partial charge in [-0.05, 0) is 32.0 Å². The van der Waals surface area contributed by atoms with Crippen molar-refractivity contribution in [3.63, 3.8) is 0 Å². The van der Waals surface area contributed by atoms with Crippen molar-refractivity contribution < 1.29 is 4.79 Å². The fourth-order valence-electron chi connectivity index (χ4n) is 3.24. The van der Waals surface area contributed by atoms with Crippen LogP contribution in [0.4, 0.5) is 0 Å². The van der Waals surface area contributed by atoms with Crippen LogP contribution in [0, 0.1) is 0 Å². The molecule has 0 N–H and O–H groups in total. The Morgan fingerprint density at radius 3 is 2.54 bits per heavy atom. The van der Waals surface area contributed by atoms with Crippen molar-refractivity contribution in [2.75, 3.05) is 39.0 Å². The van der Waals surface area contributed by atoms with E-state index in [9.17, 15) is 4.79 Å². The summed E-state index contributed by atoms with van der Waals surface area (Å²) in [6.45, 7) is 3.61. The predicted octanol–water partition coefficient (Wildman–Crippen LogP) is 2.40. The molecule has 1 amide bonds. The van der Waals surface area contributed by atoms with Gasteiger partial charge in [0.05, 0.1) is 0 Å². The van der Waals surface area contributed by atoms with E-state index in [4.69, 9.17) is 0 Å². The van der Waals surface area contributed by atoms with Crippen LogP contribution in [-0.2, 0) is 4.79 Å². The van der Waals surface area contributed by atoms with Gasteiger partial charge in [-0.3, -0.25) is 9.36 Å². The van der Waals surface area contributed by atoms with Crippen LogP contribution >= 0.6 is 11.8 Å². The molecular weight excluding hydrogens is 346 g/mol. The molecule has 138 valence electrons. The van der Waals surface area contributed by atoms with Gasteiger partial charge in [-0.25, -0.2) is 0 Å². The van der Waals surface area contributed by atoms with E-state index < -0.39 is 0 Å². The Bertz CT molecular complexity index is 751. The van der Waals surface area contributed by atoms with Crippen LogP contribution in [0.3, 0.4) is 0 Å². The van der Waals surface area contributed by atoms with E-state index in [-0.39, 0.29) is 5.91 Å². The van der Waals surface area contributed by atoms with Gasteiger partial charge in [-0.1, -0.05) is 30.0 Å². The fourth-order valence-corrected chi connectivity index (χ4v) is 4.13. The third kappa shape index (κ3) is 3.94. The summed E-state index contributed by atoms with van der Waals surface area (Å²) in [6.07, 6.45) is 2.93. The molecule has 0 unspecified atom stereocenters. The van der Waals surface area contributed by atoms with Gasteiger partial charge in [-0.15, -0.1) is 10.2 Å². The maximum absolute atomic E-state index is 12.4. The fraction of sp³-hybridized carbons (Fsp3) is 0.526. The summed E-state index contributed by atoms with van der Waals surface area (Å²) in [5, 5.41) is 9.75. The van der Waals surface area contributed by atoms with Gasteiger partial charge in [0.2, 0.25) is 5.91 Å². The van der Waals surface area contributed by atoms with E-state index >= 15 is 0 Å². The zero-order chi connectivity index (χ0) is 17.9. The highest BCUT2D eigenvalue weighted by molar-refractivity contribution is 7.99. The second kappa shape index (κ2) is 7.80. The number of carbonyl (C=O) groups excluding carboxylic acids is 1. The summed E-state index contributed by atoms with van der Waals surface area (Å²) in [7, 11) is 2.10. The predicted molar refractivity (Wildman–Crippen MR) is 103 cm³/mol. The summed E-state index contributed by atoms with van der Waals surface area (Å²) >= 11 is 1.63. The molecule has 0 spiro atoms. The van der Waals surface area contributed by atoms with E-state index in [1.807, 2.05) is 23.1 Å². The lowest BCUT2D eigenvalue weighted by atomic mass is 10.3. The highest BCUT2D eigenvalue weighted by Crippen LogP contribution is 2.41. The minimum atomic E-state index is 0.249. The topological polar surface area (TPSA) is 54.3 Å². The Morgan fingerprint density at radius 2 is 1.85 bits per heavy atom. The van der Waals surface area contributed by atoms with Crippen molar-refractivity contribution in [3.05, 3.63) is 36.2 Å². The molecule has 1 aliphatic carbocycles. The van der Waals surface area contributed by atoms with Crippen molar-refractivity contribution in [2.24, 2.45) is 0 Å². The highest BCUT2D eigenvalue weighted by atomic mass is 32.2. The largest absolute Gasteiger partial charge is 0.340 e. The number of aromatic nitrogens is 3. The minimum Gasteiger partial charge on any atom is -0.340 e. The normalized spacial score (nSPS) is 18.3. The number of benzene rings is 1. The van der Waals surface area contributed by atoms with E-state index in [1.54, 1.807) is 11.8 Å². The molecule has 7 heteroatoms. The van der Waals surface area contributed by atoms with Crippen LogP contribution in [0.2, 0.25) is 0 Å². The zero-order valence-corrected chi connectivity index (χ0v) is 16.0. The lowest BCUT2D eigenvalue weighted by molar-refractivity contribution is -0.132. The molecule has 1 saturated heterocycles. The van der Waals surface area contributed by atoms with Gasteiger partial charge in [0.1, 0.15) is 5.82 Å². The summed E-state index contributed by atoms with van der Waals surface area (Å²) < 4.78 is 2.17. The minimum absolute atomic E-state index is 0.249. The molecule has 2 aliphatic rings. The van der Waals surface area contributed by atoms with Crippen molar-refractivity contribution >= 4 is 17.7 Å². The number of carbonyl (C=O) groups is 1. The van der Waals surface area contributed by atoms with E-state index in [1.165, 1.54) is 12.8 Å². The summed E-state index contributed by atoms with van der Waals surface area (Å²) in [4.78, 5) is 16.7. The maximum atomic E-state index is 12.4. The lowest BCUT2D eigenvalue weighted by Gasteiger charge is -2.32. The van der Waals surface area contributed by atoms with Gasteiger partial charge in [0.15, 0.2) is 5.16 Å². The number of hydrogen-bond acceptors (Lipinski definition) is 5. The Balaban J connectivity index is 1.40. The van der Waals surface area contributed by atoms with Crippen LogP contribution < -0.4 is 0 Å². The average Bonchev–Trinajstić information content (AvgIpc) is 3.43. The monoisotopic (exact) mass is 371 g/mol. The Kier molecular flexibility index (Phi) is 5.26. The van der Waals surface area contributed by atoms with Gasteiger partial charge in [-0.2, -0.15) is 0 Å². The lowest BCUT2D eigenvalue weighted by Crippen LogP contribution is -2.47. The Labute approximate surface area is 158 Å². The number of para-hydroxylation sites is 1. The third-order valence-corrected chi connectivity index (χ3v) is 5.95. The van der Waals surface area contributed by atoms with Crippen LogP contribution in [0.5, 0.6) is 0 Å². The van der Waals surface area contributed by atoms with E-state index in [0.29, 0.717) is 12.3 Å². The van der Waals surface area contributed by atoms with Crippen LogP contribution in [0.25, 0.3) is 5.69 Å². The Morgan fingerprint density at radius 1 is 1.12 bits per heavy atom. The first-order valence-corrected chi connectivity index (χ1v) is 10.3. The second-order valence-electron chi connectivity index (χ2n) is 7.07. The first kappa shape index (κ1) is 17.5. The molecule has 4 rings (SSSR count). The molecule has 2 aromatic rings. The number of likely N-dealkylation sites (N-methyl/N-ethyl adjacent to an activating group) is 1. The quantitative estimate of drug-likeness (QED) is 0.730. The number of nitrogens with zero attached hydrogens (tertiary/aromatic N) is 5. The molecule has 0 radical (unpaired) electrons. The summed E-state index contributed by atoms with van der Waals surface area (Å²) in [5.41, 5.74) is 1.10. The first-order chi connectivity index (χ1) is 12.7. The molecule has 2 heterocycles. The molecular formula is C19H25N5OS. The van der Waals surface area contributed by atoms with Gasteiger partial charge in [0, 0.05) is 50.0 Å². The molecule has 6 nitrogen and oxygen atoms in total. The van der Waals surface area contributed by atoms with Crippen LogP contribution in [0.1, 0.15) is 31.0 Å². The Hall–Kier alpha value is -1.86. The van der Waals surface area contributed by atoms with E-state index in [0.717, 1.165) is 48.6 Å². The average molecular weight is 372 g/mol. The third-order valence-electron chi connectivity index (χ3n) is 5.02. The zero-order valence-electron chi connectivity index (χ0n) is 15.2. The highest BCUT2D eigenvalue weighted by Gasteiger charge is 2.31. The summed E-state index contributed by atoms with van der Waals surface area (Å²) in [6, 6.07) is 10.3. The van der Waals surface area contributed by atoms with Crippen molar-refractivity contribution in [1.82, 2.24) is 24.6 Å². The van der Waals surface area contributed by atoms with Gasteiger partial charge in [0.25, 0.3) is 0 Å².